The van der Waals surface area contributed by atoms with Crippen molar-refractivity contribution in [2.75, 3.05) is 62.6 Å². The molecule has 17 heteroatoms. The van der Waals surface area contributed by atoms with E-state index in [0.29, 0.717) is 35.5 Å². The number of fused-ring (bicyclic) bond motifs is 3. The van der Waals surface area contributed by atoms with E-state index in [1.165, 1.54) is 4.90 Å². The average Bonchev–Trinajstić information content (AvgIpc) is 4.12. The van der Waals surface area contributed by atoms with Gasteiger partial charge in [-0.1, -0.05) is 50.2 Å². The zero-order chi connectivity index (χ0) is 44.6. The van der Waals surface area contributed by atoms with E-state index in [9.17, 15) is 19.8 Å². The van der Waals surface area contributed by atoms with E-state index in [2.05, 4.69) is 45.7 Å². The maximum Gasteiger partial charge on any atom is 0.254 e. The van der Waals surface area contributed by atoms with Crippen molar-refractivity contribution in [3.8, 4) is 33.3 Å². The predicted molar refractivity (Wildman–Crippen MR) is 244 cm³/mol. The number of phenolic OH excluding ortho intramolecular Hbond substituents is 1. The van der Waals surface area contributed by atoms with Crippen LogP contribution >= 0.6 is 11.3 Å². The van der Waals surface area contributed by atoms with Crippen LogP contribution < -0.4 is 20.3 Å². The molecule has 2 amide bonds. The number of anilines is 2. The Morgan fingerprint density at radius 1 is 1.00 bits per heavy atom. The van der Waals surface area contributed by atoms with E-state index in [1.54, 1.807) is 29.5 Å². The van der Waals surface area contributed by atoms with Crippen molar-refractivity contribution in [3.05, 3.63) is 83.2 Å². The van der Waals surface area contributed by atoms with Crippen LogP contribution in [0.15, 0.2) is 70.7 Å². The normalized spacial score (nSPS) is 22.7. The van der Waals surface area contributed by atoms with Gasteiger partial charge in [0, 0.05) is 69.9 Å². The fraction of sp³-hybridized carbons (Fsp3) is 0.489. The number of nitrogens with zero attached hydrogens (tertiary/aromatic N) is 8. The summed E-state index contributed by atoms with van der Waals surface area (Å²) in [6, 6.07) is 18.6. The Morgan fingerprint density at radius 3 is 2.58 bits per heavy atom. The summed E-state index contributed by atoms with van der Waals surface area (Å²) in [6.45, 7) is 16.0. The molecule has 1 unspecified atom stereocenters. The zero-order valence-electron chi connectivity index (χ0n) is 37.1. The van der Waals surface area contributed by atoms with E-state index in [1.807, 2.05) is 82.6 Å². The monoisotopic (exact) mass is 890 g/mol. The summed E-state index contributed by atoms with van der Waals surface area (Å²) in [5, 5.41) is 40.8. The number of phenols is 1. The molecule has 64 heavy (non-hydrogen) atoms. The summed E-state index contributed by atoms with van der Waals surface area (Å²) >= 11 is 1.59. The molecular formula is C47H58N10O6S. The first-order chi connectivity index (χ1) is 30.9. The van der Waals surface area contributed by atoms with Gasteiger partial charge >= 0.3 is 0 Å². The quantitative estimate of drug-likeness (QED) is 0.119. The summed E-state index contributed by atoms with van der Waals surface area (Å²) in [6.07, 6.45) is 0.218. The lowest BCUT2D eigenvalue weighted by molar-refractivity contribution is -0.141. The van der Waals surface area contributed by atoms with Gasteiger partial charge in [0.05, 0.1) is 45.7 Å². The third-order valence-corrected chi connectivity index (χ3v) is 14.2. The van der Waals surface area contributed by atoms with Crippen LogP contribution in [0.2, 0.25) is 0 Å². The van der Waals surface area contributed by atoms with E-state index in [-0.39, 0.29) is 54.6 Å². The Balaban J connectivity index is 0.773. The number of thiazole rings is 1. The summed E-state index contributed by atoms with van der Waals surface area (Å²) in [5.74, 6) is 0.156. The van der Waals surface area contributed by atoms with Crippen molar-refractivity contribution in [1.29, 1.82) is 0 Å². The van der Waals surface area contributed by atoms with E-state index in [4.69, 9.17) is 9.26 Å². The van der Waals surface area contributed by atoms with Crippen molar-refractivity contribution in [1.82, 2.24) is 40.4 Å². The SMILES string of the molecule is Cc1ncsc1-c1ccc([C@H](C)NC(=O)[C@@H]2C[C@@H](O)CN2C(=O)[C@@H](c2cc(O[C@@H](C)CN3CCC(N4CCN5c6cc(-c7ccccc7O)nnc6NC[C@H]5C4)C3)no2)C(C)C)cc1. The Hall–Kier alpha value is -5.62. The van der Waals surface area contributed by atoms with Gasteiger partial charge in [-0.05, 0) is 74.1 Å². The summed E-state index contributed by atoms with van der Waals surface area (Å²) in [7, 11) is 0. The summed E-state index contributed by atoms with van der Waals surface area (Å²) in [4.78, 5) is 42.5. The Kier molecular flexibility index (Phi) is 12.6. The lowest BCUT2D eigenvalue weighted by Crippen LogP contribution is -2.60. The Morgan fingerprint density at radius 2 is 1.81 bits per heavy atom. The second kappa shape index (κ2) is 18.5. The average molecular weight is 891 g/mol. The first-order valence-corrected chi connectivity index (χ1v) is 23.3. The molecule has 5 aromatic rings. The van der Waals surface area contributed by atoms with Crippen LogP contribution in [-0.2, 0) is 9.59 Å². The number of hydrogen-bond acceptors (Lipinski definition) is 15. The molecule has 3 saturated heterocycles. The fourth-order valence-corrected chi connectivity index (χ4v) is 10.7. The van der Waals surface area contributed by atoms with Crippen LogP contribution in [-0.4, -0.2) is 140 Å². The summed E-state index contributed by atoms with van der Waals surface area (Å²) in [5.41, 5.74) is 7.17. The number of aryl methyl sites for hydroxylation is 1. The molecular weight excluding hydrogens is 833 g/mol. The van der Waals surface area contributed by atoms with Crippen molar-refractivity contribution < 1.29 is 29.1 Å². The second-order valence-electron chi connectivity index (χ2n) is 18.1. The Labute approximate surface area is 377 Å². The highest BCUT2D eigenvalue weighted by Gasteiger charge is 2.44. The molecule has 0 bridgehead atoms. The number of amides is 2. The van der Waals surface area contributed by atoms with Gasteiger partial charge in [0.1, 0.15) is 23.8 Å². The maximum absolute atomic E-state index is 14.3. The number of nitrogens with one attached hydrogen (secondary N) is 2. The van der Waals surface area contributed by atoms with Crippen molar-refractivity contribution in [3.63, 3.8) is 0 Å². The van der Waals surface area contributed by atoms with Gasteiger partial charge in [-0.25, -0.2) is 4.98 Å². The molecule has 0 radical (unpaired) electrons. The van der Waals surface area contributed by atoms with Gasteiger partial charge in [-0.15, -0.1) is 21.5 Å². The zero-order valence-corrected chi connectivity index (χ0v) is 37.9. The molecule has 9 rings (SSSR count). The van der Waals surface area contributed by atoms with Crippen LogP contribution in [0.5, 0.6) is 11.6 Å². The molecule has 3 aromatic heterocycles. The molecule has 0 saturated carbocycles. The van der Waals surface area contributed by atoms with Gasteiger partial charge in [0.15, 0.2) is 11.6 Å². The molecule has 0 spiro atoms. The summed E-state index contributed by atoms with van der Waals surface area (Å²) < 4.78 is 12.1. The smallest absolute Gasteiger partial charge is 0.254 e. The molecule has 2 aromatic carbocycles. The number of aliphatic hydroxyl groups excluding tert-OH is 1. The topological polar surface area (TPSA) is 186 Å². The molecule has 7 heterocycles. The number of aromatic hydroxyl groups is 1. The van der Waals surface area contributed by atoms with Gasteiger partial charge in [-0.3, -0.25) is 19.4 Å². The number of carbonyl (C=O) groups excluding carboxylic acids is 2. The highest BCUT2D eigenvalue weighted by atomic mass is 32.1. The molecule has 0 aliphatic carbocycles. The fourth-order valence-electron chi connectivity index (χ4n) is 9.94. The minimum atomic E-state index is -0.826. The third-order valence-electron chi connectivity index (χ3n) is 13.3. The molecule has 338 valence electrons. The van der Waals surface area contributed by atoms with Gasteiger partial charge in [0.2, 0.25) is 11.8 Å². The van der Waals surface area contributed by atoms with Crippen LogP contribution in [0.4, 0.5) is 11.5 Å². The van der Waals surface area contributed by atoms with Gasteiger partial charge < -0.3 is 39.9 Å². The lowest BCUT2D eigenvalue weighted by Gasteiger charge is -2.47. The Bertz CT molecular complexity index is 2440. The highest BCUT2D eigenvalue weighted by molar-refractivity contribution is 7.13. The van der Waals surface area contributed by atoms with Crippen molar-refractivity contribution in [2.45, 2.75) is 89.8 Å². The molecule has 4 aliphatic heterocycles. The number of β-amino-alcohol motifs (C(OH)–C–C–N with tert-alkyl or cyclic N) is 1. The van der Waals surface area contributed by atoms with E-state index < -0.39 is 18.1 Å². The number of aromatic nitrogens is 4. The number of piperazine rings is 1. The van der Waals surface area contributed by atoms with Crippen LogP contribution in [0, 0.1) is 12.8 Å². The number of para-hydroxylation sites is 1. The molecule has 16 nitrogen and oxygen atoms in total. The number of ether oxygens (including phenoxy) is 1. The highest BCUT2D eigenvalue weighted by Crippen LogP contribution is 2.37. The van der Waals surface area contributed by atoms with Gasteiger partial charge in [-0.2, -0.15) is 0 Å². The van der Waals surface area contributed by atoms with Crippen molar-refractivity contribution in [2.24, 2.45) is 5.92 Å². The van der Waals surface area contributed by atoms with Crippen LogP contribution in [0.3, 0.4) is 0 Å². The largest absolute Gasteiger partial charge is 0.507 e. The molecule has 4 N–H and O–H groups in total. The maximum atomic E-state index is 14.3. The first-order valence-electron chi connectivity index (χ1n) is 22.5. The minimum Gasteiger partial charge on any atom is -0.507 e. The minimum absolute atomic E-state index is 0.0564. The number of likely N-dealkylation sites (tertiary alicyclic amines) is 2. The molecule has 4 aliphatic rings. The van der Waals surface area contributed by atoms with Crippen LogP contribution in [0.1, 0.15) is 69.5 Å². The predicted octanol–water partition coefficient (Wildman–Crippen LogP) is 5.31. The van der Waals surface area contributed by atoms with Crippen LogP contribution in [0.25, 0.3) is 21.7 Å². The second-order valence-corrected chi connectivity index (χ2v) is 19.0. The number of benzene rings is 2. The molecule has 3 fully saturated rings. The standard InChI is InChI=1S/C47H58N10O6S/c1-27(2)43(47(61)57-25-35(58)18-39(57)46(60)50-29(4)31-10-12-32(13-11-31)44-30(5)49-26-64-44)41-20-42(53-63-41)62-28(3)22-54-15-14-33(23-54)55-16-17-56-34(24-55)21-48-45-38(56)19-37(51-52-45)36-8-6-7-9-40(36)59/h6-13,19-20,26-29,33-35,39,43,58-59H,14-18,21-25H2,1-5H3,(H,48,52)(H,50,60)/t28-,29-,33?,34-,35+,39-,43+/m0/s1. The number of aliphatic hydroxyl groups is 1. The number of carbonyl (C=O) groups is 2. The lowest BCUT2D eigenvalue weighted by atomic mass is 9.91. The number of rotatable bonds is 13. The first kappa shape index (κ1) is 43.6. The number of hydrogen-bond donors (Lipinski definition) is 4. The third kappa shape index (κ3) is 9.03. The van der Waals surface area contributed by atoms with E-state index in [0.717, 1.165) is 78.9 Å². The molecule has 7 atom stereocenters. The van der Waals surface area contributed by atoms with E-state index >= 15 is 0 Å². The van der Waals surface area contributed by atoms with Gasteiger partial charge in [0.25, 0.3) is 5.88 Å². The van der Waals surface area contributed by atoms with Crippen molar-refractivity contribution >= 4 is 34.7 Å².